The Morgan fingerprint density at radius 3 is 2.47 bits per heavy atom. The van der Waals surface area contributed by atoms with Crippen LogP contribution in [0.15, 0.2) is 52.9 Å². The number of likely N-dealkylation sites (tertiary alicyclic amines) is 1. The zero-order chi connectivity index (χ0) is 21.1. The summed E-state index contributed by atoms with van der Waals surface area (Å²) in [7, 11) is 1.59. The number of esters is 1. The summed E-state index contributed by atoms with van der Waals surface area (Å²) in [5.74, 6) is -0.0639. The molecule has 1 saturated heterocycles. The zero-order valence-electron chi connectivity index (χ0n) is 17.2. The molecule has 2 heterocycles. The Morgan fingerprint density at radius 2 is 1.77 bits per heavy atom. The molecule has 0 radical (unpaired) electrons. The highest BCUT2D eigenvalue weighted by Gasteiger charge is 2.32. The SMILES string of the molecule is COc1ccc2oc(C(=O)O[C@H](C(=O)N3CCCCC3)c3ccccc3)c(C)c2c1. The highest BCUT2D eigenvalue weighted by Crippen LogP contribution is 2.31. The van der Waals surface area contributed by atoms with Crippen LogP contribution in [0.4, 0.5) is 0 Å². The lowest BCUT2D eigenvalue weighted by Gasteiger charge is -2.30. The van der Waals surface area contributed by atoms with Gasteiger partial charge >= 0.3 is 5.97 Å². The summed E-state index contributed by atoms with van der Waals surface area (Å²) in [6.45, 7) is 3.16. The topological polar surface area (TPSA) is 69.0 Å². The zero-order valence-corrected chi connectivity index (χ0v) is 17.2. The Bertz CT molecular complexity index is 1050. The maximum atomic E-state index is 13.2. The summed E-state index contributed by atoms with van der Waals surface area (Å²) in [5.41, 5.74) is 1.88. The Balaban J connectivity index is 1.64. The van der Waals surface area contributed by atoms with Crippen molar-refractivity contribution in [3.05, 3.63) is 65.4 Å². The standard InChI is InChI=1S/C24H25NO5/c1-16-19-15-18(28-2)11-12-20(19)29-21(16)24(27)30-22(17-9-5-3-6-10-17)23(26)25-13-7-4-8-14-25/h3,5-6,9-12,15,22H,4,7-8,13-14H2,1-2H3/t22-/m0/s1. The third kappa shape index (κ3) is 3.90. The largest absolute Gasteiger partial charge is 0.497 e. The third-order valence-electron chi connectivity index (χ3n) is 5.55. The van der Waals surface area contributed by atoms with Crippen LogP contribution in [0.1, 0.15) is 47.0 Å². The van der Waals surface area contributed by atoms with E-state index in [0.29, 0.717) is 35.5 Å². The van der Waals surface area contributed by atoms with Gasteiger partial charge in [-0.05, 0) is 44.4 Å². The molecule has 0 unspecified atom stereocenters. The molecule has 6 heteroatoms. The number of methoxy groups -OCH3 is 1. The monoisotopic (exact) mass is 407 g/mol. The van der Waals surface area contributed by atoms with E-state index in [2.05, 4.69) is 0 Å². The van der Waals surface area contributed by atoms with E-state index in [1.54, 1.807) is 43.2 Å². The van der Waals surface area contributed by atoms with Crippen molar-refractivity contribution in [3.63, 3.8) is 0 Å². The molecule has 1 amide bonds. The molecule has 0 bridgehead atoms. The molecule has 0 aliphatic carbocycles. The van der Waals surface area contributed by atoms with Gasteiger partial charge in [0.2, 0.25) is 11.9 Å². The molecule has 0 spiro atoms. The van der Waals surface area contributed by atoms with E-state index >= 15 is 0 Å². The van der Waals surface area contributed by atoms with Crippen molar-refractivity contribution in [2.75, 3.05) is 20.2 Å². The molecule has 6 nitrogen and oxygen atoms in total. The second-order valence-corrected chi connectivity index (χ2v) is 7.50. The lowest BCUT2D eigenvalue weighted by Crippen LogP contribution is -2.40. The molecule has 1 fully saturated rings. The Kier molecular flexibility index (Phi) is 5.74. The van der Waals surface area contributed by atoms with Gasteiger partial charge in [-0.15, -0.1) is 0 Å². The molecule has 0 saturated carbocycles. The van der Waals surface area contributed by atoms with Gasteiger partial charge in [0.25, 0.3) is 5.91 Å². The highest BCUT2D eigenvalue weighted by atomic mass is 16.6. The van der Waals surface area contributed by atoms with Gasteiger partial charge in [-0.2, -0.15) is 0 Å². The molecule has 3 aromatic rings. The highest BCUT2D eigenvalue weighted by molar-refractivity contribution is 5.97. The first-order chi connectivity index (χ1) is 14.6. The summed E-state index contributed by atoms with van der Waals surface area (Å²) in [6.07, 6.45) is 2.04. The Labute approximate surface area is 175 Å². The van der Waals surface area contributed by atoms with Crippen LogP contribution >= 0.6 is 0 Å². The number of aryl methyl sites for hydroxylation is 1. The molecule has 2 aromatic carbocycles. The van der Waals surface area contributed by atoms with Gasteiger partial charge in [0, 0.05) is 29.6 Å². The van der Waals surface area contributed by atoms with E-state index < -0.39 is 12.1 Å². The Hall–Kier alpha value is -3.28. The van der Waals surface area contributed by atoms with Gasteiger partial charge in [0.05, 0.1) is 7.11 Å². The maximum absolute atomic E-state index is 13.2. The number of fused-ring (bicyclic) bond motifs is 1. The molecule has 1 aromatic heterocycles. The fourth-order valence-corrected chi connectivity index (χ4v) is 3.85. The number of ether oxygens (including phenoxy) is 2. The first kappa shape index (κ1) is 20.0. The van der Waals surface area contributed by atoms with Crippen LogP contribution in [0.5, 0.6) is 5.75 Å². The minimum absolute atomic E-state index is 0.102. The summed E-state index contributed by atoms with van der Waals surface area (Å²) in [4.78, 5) is 28.0. The van der Waals surface area contributed by atoms with Crippen LogP contribution in [0, 0.1) is 6.92 Å². The van der Waals surface area contributed by atoms with Crippen LogP contribution in [0.2, 0.25) is 0 Å². The van der Waals surface area contributed by atoms with E-state index in [4.69, 9.17) is 13.9 Å². The number of piperidine rings is 1. The molecule has 4 rings (SSSR count). The second kappa shape index (κ2) is 8.61. The fraction of sp³-hybridized carbons (Fsp3) is 0.333. The smallest absolute Gasteiger partial charge is 0.375 e. The minimum Gasteiger partial charge on any atom is -0.497 e. The Morgan fingerprint density at radius 1 is 1.03 bits per heavy atom. The van der Waals surface area contributed by atoms with Crippen LogP contribution in [0.25, 0.3) is 11.0 Å². The van der Waals surface area contributed by atoms with Gasteiger partial charge in [-0.25, -0.2) is 4.79 Å². The van der Waals surface area contributed by atoms with E-state index in [9.17, 15) is 9.59 Å². The van der Waals surface area contributed by atoms with Gasteiger partial charge < -0.3 is 18.8 Å². The quantitative estimate of drug-likeness (QED) is 0.576. The van der Waals surface area contributed by atoms with E-state index in [-0.39, 0.29) is 11.7 Å². The number of carbonyl (C=O) groups is 2. The van der Waals surface area contributed by atoms with Gasteiger partial charge in [-0.3, -0.25) is 4.79 Å². The first-order valence-corrected chi connectivity index (χ1v) is 10.2. The summed E-state index contributed by atoms with van der Waals surface area (Å²) in [6, 6.07) is 14.5. The van der Waals surface area contributed by atoms with Crippen LogP contribution in [-0.4, -0.2) is 37.0 Å². The summed E-state index contributed by atoms with van der Waals surface area (Å²) < 4.78 is 16.8. The van der Waals surface area contributed by atoms with E-state index in [1.165, 1.54) is 0 Å². The number of nitrogens with zero attached hydrogens (tertiary/aromatic N) is 1. The van der Waals surface area contributed by atoms with Crippen molar-refractivity contribution in [3.8, 4) is 5.75 Å². The molecule has 1 aliphatic rings. The lowest BCUT2D eigenvalue weighted by molar-refractivity contribution is -0.142. The third-order valence-corrected chi connectivity index (χ3v) is 5.55. The number of hydrogen-bond acceptors (Lipinski definition) is 5. The van der Waals surface area contributed by atoms with Crippen LogP contribution in [-0.2, 0) is 9.53 Å². The van der Waals surface area contributed by atoms with Gasteiger partial charge in [0.15, 0.2) is 0 Å². The van der Waals surface area contributed by atoms with Crippen molar-refractivity contribution < 1.29 is 23.5 Å². The van der Waals surface area contributed by atoms with Crippen LogP contribution < -0.4 is 4.74 Å². The summed E-state index contributed by atoms with van der Waals surface area (Å²) in [5, 5.41) is 0.778. The average molecular weight is 407 g/mol. The van der Waals surface area contributed by atoms with E-state index in [1.807, 2.05) is 24.3 Å². The summed E-state index contributed by atoms with van der Waals surface area (Å²) >= 11 is 0. The van der Waals surface area contributed by atoms with Crippen molar-refractivity contribution >= 4 is 22.8 Å². The molecule has 1 aliphatic heterocycles. The number of carbonyl (C=O) groups excluding carboxylic acids is 2. The number of benzene rings is 2. The van der Waals surface area contributed by atoms with E-state index in [0.717, 1.165) is 24.6 Å². The van der Waals surface area contributed by atoms with Gasteiger partial charge in [-0.1, -0.05) is 30.3 Å². The number of furan rings is 1. The molecule has 1 atom stereocenters. The second-order valence-electron chi connectivity index (χ2n) is 7.50. The van der Waals surface area contributed by atoms with Crippen LogP contribution in [0.3, 0.4) is 0 Å². The first-order valence-electron chi connectivity index (χ1n) is 10.2. The fourth-order valence-electron chi connectivity index (χ4n) is 3.85. The van der Waals surface area contributed by atoms with Gasteiger partial charge in [0.1, 0.15) is 11.3 Å². The normalized spacial score (nSPS) is 15.1. The van der Waals surface area contributed by atoms with Crippen molar-refractivity contribution in [1.29, 1.82) is 0 Å². The predicted octanol–water partition coefficient (Wildman–Crippen LogP) is 4.66. The maximum Gasteiger partial charge on any atom is 0.375 e. The van der Waals surface area contributed by atoms with Crippen molar-refractivity contribution in [2.24, 2.45) is 0 Å². The number of rotatable bonds is 5. The number of hydrogen-bond donors (Lipinski definition) is 0. The minimum atomic E-state index is -1.00. The predicted molar refractivity (Wildman–Crippen MR) is 113 cm³/mol. The molecule has 30 heavy (non-hydrogen) atoms. The molecule has 156 valence electrons. The van der Waals surface area contributed by atoms with Crippen molar-refractivity contribution in [2.45, 2.75) is 32.3 Å². The number of amides is 1. The van der Waals surface area contributed by atoms with Crippen molar-refractivity contribution in [1.82, 2.24) is 4.90 Å². The molecule has 0 N–H and O–H groups in total. The lowest BCUT2D eigenvalue weighted by atomic mass is 10.1. The molecular formula is C24H25NO5. The average Bonchev–Trinajstić information content (AvgIpc) is 3.14. The molecular weight excluding hydrogens is 382 g/mol.